The van der Waals surface area contributed by atoms with Crippen LogP contribution in [-0.2, 0) is 16.6 Å². The van der Waals surface area contributed by atoms with E-state index in [4.69, 9.17) is 0 Å². The second kappa shape index (κ2) is 5.28. The van der Waals surface area contributed by atoms with Crippen LogP contribution >= 0.6 is 0 Å². The zero-order valence-electron chi connectivity index (χ0n) is 9.94. The van der Waals surface area contributed by atoms with Crippen LogP contribution in [0.4, 0.5) is 0 Å². The van der Waals surface area contributed by atoms with E-state index in [1.807, 2.05) is 6.07 Å². The first-order valence-electron chi connectivity index (χ1n) is 5.53. The van der Waals surface area contributed by atoms with Gasteiger partial charge in [-0.05, 0) is 12.1 Å². The van der Waals surface area contributed by atoms with Crippen LogP contribution in [0.25, 0.3) is 0 Å². The number of nitrogens with zero attached hydrogens (tertiary/aromatic N) is 3. The molecule has 0 fully saturated rings. The predicted octanol–water partition coefficient (Wildman–Crippen LogP) is 1.02. The second-order valence-electron chi connectivity index (χ2n) is 3.69. The van der Waals surface area contributed by atoms with Gasteiger partial charge >= 0.3 is 0 Å². The molecule has 0 spiro atoms. The van der Waals surface area contributed by atoms with Gasteiger partial charge in [0.15, 0.2) is 0 Å². The molecule has 7 heteroatoms. The summed E-state index contributed by atoms with van der Waals surface area (Å²) >= 11 is 0. The lowest BCUT2D eigenvalue weighted by molar-refractivity contribution is 0.419. The normalized spacial score (nSPS) is 11.9. The van der Waals surface area contributed by atoms with Gasteiger partial charge in [-0.15, -0.1) is 0 Å². The molecule has 2 heterocycles. The van der Waals surface area contributed by atoms with Crippen molar-refractivity contribution < 1.29 is 8.42 Å². The Hall–Kier alpha value is -1.73. The fourth-order valence-corrected chi connectivity index (χ4v) is 2.90. The Balaban J connectivity index is 2.25. The Bertz CT molecular complexity index is 581. The molecule has 0 unspecified atom stereocenters. The standard InChI is InChI=1S/C11H14N4O2S/c1-2-15(9-10-5-3-4-6-12-10)18(16,17)11-7-13-14-8-11/h3-8H,2,9H2,1H3,(H,13,14). The molecular weight excluding hydrogens is 252 g/mol. The minimum absolute atomic E-state index is 0.167. The summed E-state index contributed by atoms with van der Waals surface area (Å²) in [5, 5.41) is 6.17. The molecule has 0 saturated heterocycles. The molecule has 96 valence electrons. The molecule has 0 saturated carbocycles. The zero-order valence-corrected chi connectivity index (χ0v) is 10.8. The number of nitrogens with one attached hydrogen (secondary N) is 1. The summed E-state index contributed by atoms with van der Waals surface area (Å²) in [5.41, 5.74) is 0.714. The molecule has 0 aliphatic carbocycles. The molecular formula is C11H14N4O2S. The van der Waals surface area contributed by atoms with Crippen molar-refractivity contribution in [2.24, 2.45) is 0 Å². The molecule has 0 atom stereocenters. The fourth-order valence-electron chi connectivity index (χ4n) is 1.57. The molecule has 0 bridgehead atoms. The highest BCUT2D eigenvalue weighted by molar-refractivity contribution is 7.89. The molecule has 18 heavy (non-hydrogen) atoms. The molecule has 0 aliphatic heterocycles. The van der Waals surface area contributed by atoms with Crippen LogP contribution in [0.3, 0.4) is 0 Å². The third kappa shape index (κ3) is 2.57. The van der Waals surface area contributed by atoms with E-state index in [-0.39, 0.29) is 11.4 Å². The smallest absolute Gasteiger partial charge is 0.246 e. The van der Waals surface area contributed by atoms with Crippen LogP contribution in [0.5, 0.6) is 0 Å². The highest BCUT2D eigenvalue weighted by Crippen LogP contribution is 2.15. The molecule has 0 aliphatic rings. The van der Waals surface area contributed by atoms with Gasteiger partial charge in [-0.1, -0.05) is 13.0 Å². The summed E-state index contributed by atoms with van der Waals surface area (Å²) in [6, 6.07) is 5.43. The summed E-state index contributed by atoms with van der Waals surface area (Å²) in [6.45, 7) is 2.43. The van der Waals surface area contributed by atoms with Crippen molar-refractivity contribution in [2.45, 2.75) is 18.4 Å². The van der Waals surface area contributed by atoms with Crippen molar-refractivity contribution >= 4 is 10.0 Å². The molecule has 0 amide bonds. The number of rotatable bonds is 5. The number of aromatic amines is 1. The number of hydrogen-bond donors (Lipinski definition) is 1. The molecule has 0 aromatic carbocycles. The first kappa shape index (κ1) is 12.7. The van der Waals surface area contributed by atoms with Crippen LogP contribution < -0.4 is 0 Å². The minimum atomic E-state index is -3.51. The quantitative estimate of drug-likeness (QED) is 0.876. The molecule has 2 rings (SSSR count). The van der Waals surface area contributed by atoms with E-state index in [0.717, 1.165) is 0 Å². The average molecular weight is 266 g/mol. The summed E-state index contributed by atoms with van der Waals surface area (Å²) in [4.78, 5) is 4.30. The maximum atomic E-state index is 12.3. The Morgan fingerprint density at radius 1 is 1.39 bits per heavy atom. The maximum Gasteiger partial charge on any atom is 0.246 e. The summed E-state index contributed by atoms with van der Waals surface area (Å²) in [5.74, 6) is 0. The molecule has 2 aromatic heterocycles. The van der Waals surface area contributed by atoms with E-state index in [0.29, 0.717) is 12.2 Å². The van der Waals surface area contributed by atoms with Crippen LogP contribution in [0.2, 0.25) is 0 Å². The monoisotopic (exact) mass is 266 g/mol. The van der Waals surface area contributed by atoms with Crippen molar-refractivity contribution in [3.05, 3.63) is 42.5 Å². The third-order valence-electron chi connectivity index (χ3n) is 2.53. The number of sulfonamides is 1. The topological polar surface area (TPSA) is 79.0 Å². The fraction of sp³-hybridized carbons (Fsp3) is 0.273. The average Bonchev–Trinajstić information content (AvgIpc) is 2.91. The van der Waals surface area contributed by atoms with Crippen molar-refractivity contribution in [3.8, 4) is 0 Å². The molecule has 2 aromatic rings. The number of H-pyrrole nitrogens is 1. The highest BCUT2D eigenvalue weighted by Gasteiger charge is 2.24. The minimum Gasteiger partial charge on any atom is -0.284 e. The van der Waals surface area contributed by atoms with Crippen molar-refractivity contribution in [3.63, 3.8) is 0 Å². The van der Waals surface area contributed by atoms with E-state index < -0.39 is 10.0 Å². The Labute approximate surface area is 106 Å². The van der Waals surface area contributed by atoms with Crippen LogP contribution in [0.1, 0.15) is 12.6 Å². The van der Waals surface area contributed by atoms with Crippen molar-refractivity contribution in [1.82, 2.24) is 19.5 Å². The maximum absolute atomic E-state index is 12.3. The number of aromatic nitrogens is 3. The lowest BCUT2D eigenvalue weighted by Gasteiger charge is -2.18. The lowest BCUT2D eigenvalue weighted by Crippen LogP contribution is -2.30. The van der Waals surface area contributed by atoms with Gasteiger partial charge < -0.3 is 0 Å². The summed E-state index contributed by atoms with van der Waals surface area (Å²) in [6.07, 6.45) is 4.32. The van der Waals surface area contributed by atoms with Gasteiger partial charge in [-0.2, -0.15) is 9.40 Å². The van der Waals surface area contributed by atoms with Gasteiger partial charge in [-0.25, -0.2) is 8.42 Å². The molecule has 0 radical (unpaired) electrons. The molecule has 6 nitrogen and oxygen atoms in total. The largest absolute Gasteiger partial charge is 0.284 e. The van der Waals surface area contributed by atoms with Crippen LogP contribution in [-0.4, -0.2) is 34.4 Å². The summed E-state index contributed by atoms with van der Waals surface area (Å²) < 4.78 is 25.9. The van der Waals surface area contributed by atoms with Gasteiger partial charge in [0.2, 0.25) is 10.0 Å². The highest BCUT2D eigenvalue weighted by atomic mass is 32.2. The Kier molecular flexibility index (Phi) is 3.73. The van der Waals surface area contributed by atoms with E-state index in [1.54, 1.807) is 25.3 Å². The third-order valence-corrected chi connectivity index (χ3v) is 4.41. The number of pyridine rings is 1. The van der Waals surface area contributed by atoms with Crippen molar-refractivity contribution in [2.75, 3.05) is 6.54 Å². The summed E-state index contributed by atoms with van der Waals surface area (Å²) in [7, 11) is -3.51. The van der Waals surface area contributed by atoms with Gasteiger partial charge in [0.05, 0.1) is 18.4 Å². The van der Waals surface area contributed by atoms with Crippen molar-refractivity contribution in [1.29, 1.82) is 0 Å². The van der Waals surface area contributed by atoms with Gasteiger partial charge in [0.1, 0.15) is 4.90 Å². The zero-order chi connectivity index (χ0) is 13.0. The van der Waals surface area contributed by atoms with Crippen LogP contribution in [0, 0.1) is 0 Å². The lowest BCUT2D eigenvalue weighted by atomic mass is 10.3. The van der Waals surface area contributed by atoms with Crippen LogP contribution in [0.15, 0.2) is 41.7 Å². The van der Waals surface area contributed by atoms with E-state index in [9.17, 15) is 8.42 Å². The van der Waals surface area contributed by atoms with E-state index in [2.05, 4.69) is 15.2 Å². The van der Waals surface area contributed by atoms with Gasteiger partial charge in [0.25, 0.3) is 0 Å². The first-order chi connectivity index (χ1) is 8.64. The Morgan fingerprint density at radius 3 is 2.78 bits per heavy atom. The SMILES string of the molecule is CCN(Cc1ccccn1)S(=O)(=O)c1cn[nH]c1. The van der Waals surface area contributed by atoms with E-state index >= 15 is 0 Å². The van der Waals surface area contributed by atoms with Gasteiger partial charge in [0, 0.05) is 18.9 Å². The predicted molar refractivity (Wildman–Crippen MR) is 66.1 cm³/mol. The second-order valence-corrected chi connectivity index (χ2v) is 5.62. The number of hydrogen-bond acceptors (Lipinski definition) is 4. The Morgan fingerprint density at radius 2 is 2.22 bits per heavy atom. The van der Waals surface area contributed by atoms with Gasteiger partial charge in [-0.3, -0.25) is 10.1 Å². The molecule has 1 N–H and O–H groups in total. The first-order valence-corrected chi connectivity index (χ1v) is 6.97. The van der Waals surface area contributed by atoms with E-state index in [1.165, 1.54) is 16.7 Å².